The van der Waals surface area contributed by atoms with Crippen LogP contribution in [-0.4, -0.2) is 64.3 Å². The summed E-state index contributed by atoms with van der Waals surface area (Å²) in [6.45, 7) is -0.560. The van der Waals surface area contributed by atoms with Crippen molar-refractivity contribution in [1.29, 1.82) is 0 Å². The van der Waals surface area contributed by atoms with E-state index in [0.717, 1.165) is 21.0 Å². The van der Waals surface area contributed by atoms with Crippen LogP contribution in [0.25, 0.3) is 22.3 Å². The Hall–Kier alpha value is -4.44. The largest absolute Gasteiger partial charge is 0.497 e. The number of ether oxygens (including phenoxy) is 1. The molecule has 0 saturated heterocycles. The van der Waals surface area contributed by atoms with Crippen molar-refractivity contribution in [3.8, 4) is 17.0 Å². The highest BCUT2D eigenvalue weighted by atomic mass is 16.5. The zero-order valence-electron chi connectivity index (χ0n) is 18.7. The molecule has 2 aromatic heterocycles. The Morgan fingerprint density at radius 3 is 2.59 bits per heavy atom. The van der Waals surface area contributed by atoms with Crippen LogP contribution in [0.15, 0.2) is 66.9 Å². The molecule has 0 fully saturated rings. The SMILES string of the molecule is CNC(=O)N(c1nc(-c2ccccc2)c2cc[nH]c2n1)N(CCO)C(=O)c1cccc(OC)c1. The number of benzene rings is 2. The van der Waals surface area contributed by atoms with Crippen LogP contribution in [0.3, 0.4) is 0 Å². The summed E-state index contributed by atoms with van der Waals surface area (Å²) < 4.78 is 5.22. The maximum atomic E-state index is 13.5. The number of fused-ring (bicyclic) bond motifs is 1. The van der Waals surface area contributed by atoms with Gasteiger partial charge in [0.15, 0.2) is 0 Å². The van der Waals surface area contributed by atoms with Crippen LogP contribution < -0.4 is 15.1 Å². The van der Waals surface area contributed by atoms with Gasteiger partial charge in [-0.2, -0.15) is 9.99 Å². The van der Waals surface area contributed by atoms with E-state index in [1.165, 1.54) is 14.2 Å². The second-order valence-electron chi connectivity index (χ2n) is 7.23. The van der Waals surface area contributed by atoms with E-state index in [2.05, 4.69) is 20.3 Å². The van der Waals surface area contributed by atoms with Gasteiger partial charge in [-0.05, 0) is 24.3 Å². The fraction of sp³-hybridized carbons (Fsp3) is 0.167. The van der Waals surface area contributed by atoms with E-state index in [1.807, 2.05) is 36.4 Å². The van der Waals surface area contributed by atoms with Crippen molar-refractivity contribution in [3.05, 3.63) is 72.4 Å². The quantitative estimate of drug-likeness (QED) is 0.380. The van der Waals surface area contributed by atoms with Crippen LogP contribution >= 0.6 is 0 Å². The predicted molar refractivity (Wildman–Crippen MR) is 127 cm³/mol. The molecule has 0 aliphatic rings. The molecule has 0 saturated carbocycles. The van der Waals surface area contributed by atoms with E-state index in [9.17, 15) is 14.7 Å². The minimum Gasteiger partial charge on any atom is -0.497 e. The van der Waals surface area contributed by atoms with Gasteiger partial charge < -0.3 is 20.1 Å². The molecule has 0 bridgehead atoms. The average molecular weight is 460 g/mol. The number of aromatic nitrogens is 3. The molecule has 174 valence electrons. The lowest BCUT2D eigenvalue weighted by Gasteiger charge is -2.32. The number of rotatable bonds is 6. The number of hydrogen-bond donors (Lipinski definition) is 3. The molecule has 0 aliphatic heterocycles. The molecule has 3 N–H and O–H groups in total. The third-order valence-corrected chi connectivity index (χ3v) is 5.15. The van der Waals surface area contributed by atoms with Gasteiger partial charge in [-0.15, -0.1) is 0 Å². The standard InChI is InChI=1S/C24H24N6O4/c1-25-24(33)30(29(13-14-31)22(32)17-9-6-10-18(15-17)34-2)23-27-20(16-7-4-3-5-8-16)19-11-12-26-21(19)28-23/h3-12,15,31H,13-14H2,1-2H3,(H,25,33)(H,26,27,28). The van der Waals surface area contributed by atoms with Crippen LogP contribution in [0.5, 0.6) is 5.75 Å². The number of aliphatic hydroxyl groups is 1. The molecule has 10 heteroatoms. The second-order valence-corrected chi connectivity index (χ2v) is 7.23. The first kappa shape index (κ1) is 22.7. The number of hydrazine groups is 1. The van der Waals surface area contributed by atoms with E-state index >= 15 is 0 Å². The van der Waals surface area contributed by atoms with Gasteiger partial charge in [-0.25, -0.2) is 14.8 Å². The van der Waals surface area contributed by atoms with Gasteiger partial charge in [-0.3, -0.25) is 4.79 Å². The Morgan fingerprint density at radius 2 is 1.88 bits per heavy atom. The molecule has 0 aliphatic carbocycles. The highest BCUT2D eigenvalue weighted by Crippen LogP contribution is 2.28. The summed E-state index contributed by atoms with van der Waals surface area (Å²) in [6.07, 6.45) is 1.73. The number of carbonyl (C=O) groups excluding carboxylic acids is 2. The molecule has 34 heavy (non-hydrogen) atoms. The molecular formula is C24H24N6O4. The number of urea groups is 1. The average Bonchev–Trinajstić information content (AvgIpc) is 3.36. The molecule has 4 rings (SSSR count). The topological polar surface area (TPSA) is 124 Å². The van der Waals surface area contributed by atoms with Gasteiger partial charge in [0, 0.05) is 29.8 Å². The van der Waals surface area contributed by atoms with Crippen molar-refractivity contribution in [2.75, 3.05) is 32.3 Å². The van der Waals surface area contributed by atoms with E-state index in [4.69, 9.17) is 4.74 Å². The number of aromatic amines is 1. The molecule has 0 radical (unpaired) electrons. The van der Waals surface area contributed by atoms with Crippen LogP contribution in [0.4, 0.5) is 10.7 Å². The highest BCUT2D eigenvalue weighted by molar-refractivity contribution is 6.01. The molecule has 0 spiro atoms. The number of hydrogen-bond acceptors (Lipinski definition) is 6. The van der Waals surface area contributed by atoms with Crippen LogP contribution in [0, 0.1) is 0 Å². The summed E-state index contributed by atoms with van der Waals surface area (Å²) in [6, 6.07) is 17.2. The van der Waals surface area contributed by atoms with Crippen molar-refractivity contribution in [3.63, 3.8) is 0 Å². The minimum absolute atomic E-state index is 0.0298. The number of anilines is 1. The van der Waals surface area contributed by atoms with Gasteiger partial charge in [0.05, 0.1) is 26.0 Å². The Bertz CT molecular complexity index is 1310. The third-order valence-electron chi connectivity index (χ3n) is 5.15. The summed E-state index contributed by atoms with van der Waals surface area (Å²) in [5, 5.41) is 15.2. The Morgan fingerprint density at radius 1 is 1.09 bits per heavy atom. The highest BCUT2D eigenvalue weighted by Gasteiger charge is 2.31. The Balaban J connectivity index is 1.86. The zero-order valence-corrected chi connectivity index (χ0v) is 18.7. The lowest BCUT2D eigenvalue weighted by atomic mass is 10.1. The molecule has 2 aromatic carbocycles. The number of amides is 3. The normalized spacial score (nSPS) is 10.7. The first-order valence-electron chi connectivity index (χ1n) is 10.6. The van der Waals surface area contributed by atoms with Crippen LogP contribution in [0.1, 0.15) is 10.4 Å². The summed E-state index contributed by atoms with van der Waals surface area (Å²) in [5.41, 5.74) is 2.18. The van der Waals surface area contributed by atoms with E-state index in [1.54, 1.807) is 30.5 Å². The van der Waals surface area contributed by atoms with E-state index < -0.39 is 11.9 Å². The number of H-pyrrole nitrogens is 1. The van der Waals surface area contributed by atoms with Gasteiger partial charge in [0.2, 0.25) is 0 Å². The minimum atomic E-state index is -0.644. The fourth-order valence-corrected chi connectivity index (χ4v) is 3.55. The first-order valence-corrected chi connectivity index (χ1v) is 10.6. The smallest absolute Gasteiger partial charge is 0.343 e. The van der Waals surface area contributed by atoms with Crippen LogP contribution in [0.2, 0.25) is 0 Å². The molecule has 4 aromatic rings. The summed E-state index contributed by atoms with van der Waals surface area (Å²) in [7, 11) is 2.93. The van der Waals surface area contributed by atoms with Gasteiger partial charge in [0.25, 0.3) is 11.9 Å². The number of carbonyl (C=O) groups is 2. The van der Waals surface area contributed by atoms with Crippen LogP contribution in [-0.2, 0) is 0 Å². The molecular weight excluding hydrogens is 436 g/mol. The summed E-state index contributed by atoms with van der Waals surface area (Å²) in [4.78, 5) is 38.7. The molecule has 3 amide bonds. The Kier molecular flexibility index (Phi) is 6.69. The maximum absolute atomic E-state index is 13.5. The number of aliphatic hydroxyl groups excluding tert-OH is 1. The fourth-order valence-electron chi connectivity index (χ4n) is 3.55. The molecule has 0 atom stereocenters. The molecule has 0 unspecified atom stereocenters. The van der Waals surface area contributed by atoms with Crippen molar-refractivity contribution >= 4 is 28.9 Å². The van der Waals surface area contributed by atoms with Gasteiger partial charge in [0.1, 0.15) is 11.4 Å². The van der Waals surface area contributed by atoms with Gasteiger partial charge >= 0.3 is 6.03 Å². The lowest BCUT2D eigenvalue weighted by Crippen LogP contribution is -2.54. The number of nitrogens with zero attached hydrogens (tertiary/aromatic N) is 4. The maximum Gasteiger partial charge on any atom is 0.343 e. The summed E-state index contributed by atoms with van der Waals surface area (Å²) in [5.74, 6) is -0.0810. The first-order chi connectivity index (χ1) is 16.6. The van der Waals surface area contributed by atoms with E-state index in [-0.39, 0.29) is 24.7 Å². The predicted octanol–water partition coefficient (Wildman–Crippen LogP) is 2.83. The number of methoxy groups -OCH3 is 1. The lowest BCUT2D eigenvalue weighted by molar-refractivity contribution is 0.0707. The summed E-state index contributed by atoms with van der Waals surface area (Å²) >= 11 is 0. The number of nitrogens with one attached hydrogen (secondary N) is 2. The monoisotopic (exact) mass is 460 g/mol. The van der Waals surface area contributed by atoms with Crippen molar-refractivity contribution < 1.29 is 19.4 Å². The van der Waals surface area contributed by atoms with Gasteiger partial charge in [-0.1, -0.05) is 36.4 Å². The van der Waals surface area contributed by atoms with Crippen molar-refractivity contribution in [2.24, 2.45) is 0 Å². The third kappa shape index (κ3) is 4.39. The van der Waals surface area contributed by atoms with E-state index in [0.29, 0.717) is 17.1 Å². The van der Waals surface area contributed by atoms with Crippen molar-refractivity contribution in [1.82, 2.24) is 25.3 Å². The van der Waals surface area contributed by atoms with Crippen molar-refractivity contribution in [2.45, 2.75) is 0 Å². The molecule has 10 nitrogen and oxygen atoms in total. The second kappa shape index (κ2) is 10.0. The molecule has 2 heterocycles. The zero-order chi connectivity index (χ0) is 24.1. The Labute approximate surface area is 195 Å².